The highest BCUT2D eigenvalue weighted by Crippen LogP contribution is 2.32. The summed E-state index contributed by atoms with van der Waals surface area (Å²) in [5.74, 6) is -0.607. The van der Waals surface area contributed by atoms with E-state index in [2.05, 4.69) is 14.8 Å². The van der Waals surface area contributed by atoms with Crippen LogP contribution in [0.5, 0.6) is 0 Å². The maximum absolute atomic E-state index is 13.4. The van der Waals surface area contributed by atoms with Crippen LogP contribution in [0.1, 0.15) is 50.9 Å². The van der Waals surface area contributed by atoms with Crippen molar-refractivity contribution in [2.75, 3.05) is 34.6 Å². The van der Waals surface area contributed by atoms with Crippen molar-refractivity contribution in [3.63, 3.8) is 0 Å². The van der Waals surface area contributed by atoms with Crippen molar-refractivity contribution >= 4 is 43.0 Å². The van der Waals surface area contributed by atoms with Gasteiger partial charge in [0.2, 0.25) is 20.0 Å². The number of sulfonamides is 2. The molecule has 0 spiro atoms. The molecular weight excluding hydrogens is 566 g/mol. The molecule has 0 bridgehead atoms. The second-order valence-corrected chi connectivity index (χ2v) is 14.3. The number of rotatable bonds is 9. The van der Waals surface area contributed by atoms with Crippen LogP contribution in [0.4, 0.5) is 25.8 Å². The third-order valence-electron chi connectivity index (χ3n) is 6.11. The van der Waals surface area contributed by atoms with Crippen molar-refractivity contribution in [1.82, 2.24) is 4.72 Å². The van der Waals surface area contributed by atoms with Gasteiger partial charge in [0.05, 0.1) is 28.4 Å². The van der Waals surface area contributed by atoms with E-state index in [-0.39, 0.29) is 53.3 Å². The van der Waals surface area contributed by atoms with Crippen LogP contribution in [0.25, 0.3) is 0 Å². The minimum atomic E-state index is -3.93. The van der Waals surface area contributed by atoms with Gasteiger partial charge < -0.3 is 15.3 Å². The van der Waals surface area contributed by atoms with Gasteiger partial charge in [-0.25, -0.2) is 21.6 Å². The Hall–Kier alpha value is -3.07. The lowest BCUT2D eigenvalue weighted by atomic mass is 10.0. The average molecular weight is 601 g/mol. The first-order valence-electron chi connectivity index (χ1n) is 12.5. The van der Waals surface area contributed by atoms with Gasteiger partial charge in [0, 0.05) is 24.3 Å². The van der Waals surface area contributed by atoms with Gasteiger partial charge in [-0.3, -0.25) is 9.52 Å². The molecule has 0 unspecified atom stereocenters. The number of hydrogen-bond donors (Lipinski definition) is 4. The zero-order chi connectivity index (χ0) is 29.9. The van der Waals surface area contributed by atoms with Crippen molar-refractivity contribution in [2.45, 2.75) is 56.2 Å². The standard InChI is InChI=1S/C26H34F2N4O6S2/c1-17(16-33)39(35,36)30-20-8-9-22(23(15-20)32-12-10-18(11-13-32)24(27)28)25(34)29-19-6-5-7-21(14-19)40(37,38)31-26(2,3)4/h5-9,14-15,17,30-31,33H,10-13,16H2,1-4H3,(H,29,34)/t17-/m1/s1. The number of benzene rings is 2. The van der Waals surface area contributed by atoms with Crippen LogP contribution in [-0.2, 0) is 20.0 Å². The Kier molecular flexibility index (Phi) is 9.60. The molecule has 0 radical (unpaired) electrons. The summed E-state index contributed by atoms with van der Waals surface area (Å²) in [7, 11) is -7.80. The molecule has 1 heterocycles. The highest BCUT2D eigenvalue weighted by molar-refractivity contribution is 7.93. The Morgan fingerprint density at radius 2 is 1.68 bits per heavy atom. The van der Waals surface area contributed by atoms with E-state index in [1.165, 1.54) is 49.4 Å². The first-order chi connectivity index (χ1) is 18.5. The number of carbonyl (C=O) groups is 1. The highest BCUT2D eigenvalue weighted by Gasteiger charge is 2.26. The van der Waals surface area contributed by atoms with Gasteiger partial charge >= 0.3 is 0 Å². The Labute approximate surface area is 233 Å². The number of carbonyl (C=O) groups excluding carboxylic acids is 1. The lowest BCUT2D eigenvalue weighted by Gasteiger charge is -2.32. The van der Waals surface area contributed by atoms with E-state index in [1.807, 2.05) is 0 Å². The van der Waals surface area contributed by atoms with Gasteiger partial charge in [0.15, 0.2) is 0 Å². The SMILES string of the molecule is C[C@H](CO)S(=O)(=O)Nc1ccc(C(=O)Nc2cccc(S(=O)(=O)NC(C)(C)C)c2)c(N2CCC(=C(F)F)CC2)c1. The Morgan fingerprint density at radius 3 is 2.25 bits per heavy atom. The summed E-state index contributed by atoms with van der Waals surface area (Å²) in [6.45, 7) is 6.18. The van der Waals surface area contributed by atoms with Gasteiger partial charge in [-0.2, -0.15) is 8.78 Å². The van der Waals surface area contributed by atoms with E-state index in [1.54, 1.807) is 25.7 Å². The second kappa shape index (κ2) is 12.2. The zero-order valence-electron chi connectivity index (χ0n) is 22.7. The maximum Gasteiger partial charge on any atom is 0.269 e. The first-order valence-corrected chi connectivity index (χ1v) is 15.6. The van der Waals surface area contributed by atoms with Gasteiger partial charge in [-0.1, -0.05) is 6.07 Å². The van der Waals surface area contributed by atoms with E-state index in [4.69, 9.17) is 0 Å². The van der Waals surface area contributed by atoms with Crippen LogP contribution < -0.4 is 19.7 Å². The Bertz CT molecular complexity index is 1490. The summed E-state index contributed by atoms with van der Waals surface area (Å²) in [4.78, 5) is 15.0. The molecule has 1 saturated heterocycles. The molecular formula is C26H34F2N4O6S2. The van der Waals surface area contributed by atoms with Crippen LogP contribution in [0.3, 0.4) is 0 Å². The van der Waals surface area contributed by atoms with Crippen LogP contribution in [0.2, 0.25) is 0 Å². The molecule has 220 valence electrons. The fraction of sp³-hybridized carbons (Fsp3) is 0.423. The van der Waals surface area contributed by atoms with Crippen LogP contribution in [0, 0.1) is 0 Å². The lowest BCUT2D eigenvalue weighted by molar-refractivity contribution is 0.102. The number of nitrogens with one attached hydrogen (secondary N) is 3. The number of halogens is 2. The molecule has 0 aliphatic carbocycles. The van der Waals surface area contributed by atoms with Crippen molar-refractivity contribution < 1.29 is 35.5 Å². The number of aliphatic hydroxyl groups excluding tert-OH is 1. The summed E-state index contributed by atoms with van der Waals surface area (Å²) in [6, 6.07) is 9.93. The summed E-state index contributed by atoms with van der Waals surface area (Å²) in [5, 5.41) is 10.9. The van der Waals surface area contributed by atoms with Gasteiger partial charge in [-0.05, 0) is 82.5 Å². The number of nitrogens with zero attached hydrogens (tertiary/aromatic N) is 1. The molecule has 2 aromatic rings. The Morgan fingerprint density at radius 1 is 1.02 bits per heavy atom. The van der Waals surface area contributed by atoms with Crippen molar-refractivity contribution in [1.29, 1.82) is 0 Å². The van der Waals surface area contributed by atoms with E-state index in [0.717, 1.165) is 0 Å². The summed E-state index contributed by atoms with van der Waals surface area (Å²) >= 11 is 0. The van der Waals surface area contributed by atoms with Crippen LogP contribution in [0.15, 0.2) is 59.0 Å². The summed E-state index contributed by atoms with van der Waals surface area (Å²) in [5.41, 5.74) is 0.0830. The van der Waals surface area contributed by atoms with Gasteiger partial charge in [-0.15, -0.1) is 0 Å². The average Bonchev–Trinajstić information content (AvgIpc) is 2.86. The quantitative estimate of drug-likeness (QED) is 0.342. The van der Waals surface area contributed by atoms with E-state index >= 15 is 0 Å². The van der Waals surface area contributed by atoms with Gasteiger partial charge in [0.1, 0.15) is 5.25 Å². The van der Waals surface area contributed by atoms with Gasteiger partial charge in [0.25, 0.3) is 12.0 Å². The molecule has 0 saturated carbocycles. The topological polar surface area (TPSA) is 145 Å². The van der Waals surface area contributed by atoms with E-state index in [9.17, 15) is 35.5 Å². The third kappa shape index (κ3) is 7.99. The smallest absolute Gasteiger partial charge is 0.269 e. The van der Waals surface area contributed by atoms with Crippen molar-refractivity contribution in [3.05, 3.63) is 59.7 Å². The van der Waals surface area contributed by atoms with Crippen LogP contribution in [-0.4, -0.2) is 58.3 Å². The lowest BCUT2D eigenvalue weighted by Crippen LogP contribution is -2.40. The predicted molar refractivity (Wildman–Crippen MR) is 151 cm³/mol. The van der Waals surface area contributed by atoms with Crippen LogP contribution >= 0.6 is 0 Å². The highest BCUT2D eigenvalue weighted by atomic mass is 32.2. The third-order valence-corrected chi connectivity index (χ3v) is 9.59. The first kappa shape index (κ1) is 31.5. The number of amides is 1. The Balaban J connectivity index is 1.95. The molecule has 1 fully saturated rings. The molecule has 0 aromatic heterocycles. The molecule has 40 heavy (non-hydrogen) atoms. The molecule has 3 rings (SSSR count). The molecule has 1 amide bonds. The summed E-state index contributed by atoms with van der Waals surface area (Å²) < 4.78 is 81.7. The van der Waals surface area contributed by atoms with E-state index in [0.29, 0.717) is 5.69 Å². The fourth-order valence-electron chi connectivity index (χ4n) is 4.02. The van der Waals surface area contributed by atoms with Crippen molar-refractivity contribution in [2.24, 2.45) is 0 Å². The molecule has 10 nitrogen and oxygen atoms in total. The molecule has 1 aliphatic heterocycles. The van der Waals surface area contributed by atoms with Crippen molar-refractivity contribution in [3.8, 4) is 0 Å². The molecule has 2 aromatic carbocycles. The fourth-order valence-corrected chi connectivity index (χ4v) is 6.34. The minimum absolute atomic E-state index is 0.0257. The minimum Gasteiger partial charge on any atom is -0.395 e. The molecule has 1 atom stereocenters. The molecule has 4 N–H and O–H groups in total. The number of hydrogen-bond acceptors (Lipinski definition) is 7. The number of aliphatic hydroxyl groups is 1. The zero-order valence-corrected chi connectivity index (χ0v) is 24.3. The van der Waals surface area contributed by atoms with E-state index < -0.39 is 49.4 Å². The normalized spacial score (nSPS) is 15.5. The maximum atomic E-state index is 13.4. The predicted octanol–water partition coefficient (Wildman–Crippen LogP) is 3.89. The number of piperidine rings is 1. The second-order valence-electron chi connectivity index (χ2n) is 10.6. The molecule has 14 heteroatoms. The number of anilines is 3. The summed E-state index contributed by atoms with van der Waals surface area (Å²) in [6.07, 6.45) is -1.59. The monoisotopic (exact) mass is 600 g/mol. The largest absolute Gasteiger partial charge is 0.395 e. The molecule has 1 aliphatic rings.